The molecule has 0 saturated heterocycles. The van der Waals surface area contributed by atoms with Crippen LogP contribution in [-0.2, 0) is 17.9 Å². The fourth-order valence-electron chi connectivity index (χ4n) is 3.62. The highest BCUT2D eigenvalue weighted by atomic mass is 16.5. The SMILES string of the molecule is CCOCc1nc(O)c(-c2nnc(Cn3ccccc3=O)o2)c(O)c1-c1c(OC)cccc1OC. The lowest BCUT2D eigenvalue weighted by atomic mass is 9.98. The molecule has 35 heavy (non-hydrogen) atoms. The average Bonchev–Trinajstić information content (AvgIpc) is 3.31. The predicted molar refractivity (Wildman–Crippen MR) is 125 cm³/mol. The molecule has 4 aromatic rings. The molecular formula is C24H24N4O7. The Kier molecular flexibility index (Phi) is 6.97. The van der Waals surface area contributed by atoms with E-state index in [4.69, 9.17) is 18.6 Å². The molecule has 0 saturated carbocycles. The van der Waals surface area contributed by atoms with E-state index >= 15 is 0 Å². The van der Waals surface area contributed by atoms with E-state index in [2.05, 4.69) is 15.2 Å². The van der Waals surface area contributed by atoms with E-state index in [1.54, 1.807) is 36.5 Å². The topological polar surface area (TPSA) is 142 Å². The van der Waals surface area contributed by atoms with E-state index in [0.29, 0.717) is 23.7 Å². The molecule has 11 heteroatoms. The van der Waals surface area contributed by atoms with Gasteiger partial charge < -0.3 is 33.4 Å². The monoisotopic (exact) mass is 480 g/mol. The smallest absolute Gasteiger partial charge is 0.257 e. The van der Waals surface area contributed by atoms with E-state index in [-0.39, 0.29) is 53.1 Å². The lowest BCUT2D eigenvalue weighted by Gasteiger charge is -2.18. The van der Waals surface area contributed by atoms with Gasteiger partial charge in [-0.3, -0.25) is 4.79 Å². The van der Waals surface area contributed by atoms with Gasteiger partial charge in [0.15, 0.2) is 0 Å². The predicted octanol–water partition coefficient (Wildman–Crippen LogP) is 2.97. The van der Waals surface area contributed by atoms with Crippen molar-refractivity contribution in [3.8, 4) is 45.7 Å². The highest BCUT2D eigenvalue weighted by Crippen LogP contribution is 2.49. The third-order valence-electron chi connectivity index (χ3n) is 5.23. The quantitative estimate of drug-likeness (QED) is 0.367. The van der Waals surface area contributed by atoms with Crippen molar-refractivity contribution in [2.75, 3.05) is 20.8 Å². The second kappa shape index (κ2) is 10.3. The minimum atomic E-state index is -0.526. The Bertz CT molecular complexity index is 1370. The summed E-state index contributed by atoms with van der Waals surface area (Å²) in [7, 11) is 2.98. The van der Waals surface area contributed by atoms with Crippen LogP contribution < -0.4 is 15.0 Å². The van der Waals surface area contributed by atoms with Crippen LogP contribution in [0.2, 0.25) is 0 Å². The Morgan fingerprint density at radius 2 is 1.71 bits per heavy atom. The standard InChI is InChI=1S/C24H24N4O7/c1-4-34-13-14-19(20-15(32-2)8-7-9-16(20)33-3)22(30)21(23(31)25-14)24-27-26-17(35-24)12-28-11-6-5-10-18(28)29/h5-11H,4,12-13H2,1-3H3,(H2,25,30,31). The van der Waals surface area contributed by atoms with E-state index in [0.717, 1.165) is 0 Å². The number of hydrogen-bond acceptors (Lipinski definition) is 10. The summed E-state index contributed by atoms with van der Waals surface area (Å²) in [6.45, 7) is 2.21. The third-order valence-corrected chi connectivity index (χ3v) is 5.23. The van der Waals surface area contributed by atoms with Gasteiger partial charge in [0.1, 0.15) is 29.4 Å². The second-order valence-electron chi connectivity index (χ2n) is 7.32. The molecule has 0 aliphatic heterocycles. The summed E-state index contributed by atoms with van der Waals surface area (Å²) in [5, 5.41) is 30.0. The fraction of sp³-hybridized carbons (Fsp3) is 0.250. The summed E-state index contributed by atoms with van der Waals surface area (Å²) < 4.78 is 23.6. The fourth-order valence-corrected chi connectivity index (χ4v) is 3.62. The van der Waals surface area contributed by atoms with Crippen LogP contribution in [0.4, 0.5) is 0 Å². The van der Waals surface area contributed by atoms with Gasteiger partial charge in [-0.1, -0.05) is 12.1 Å². The molecule has 0 radical (unpaired) electrons. The number of pyridine rings is 2. The molecule has 3 heterocycles. The number of aromatic nitrogens is 4. The summed E-state index contributed by atoms with van der Waals surface area (Å²) in [4.78, 5) is 16.3. The highest BCUT2D eigenvalue weighted by molar-refractivity contribution is 5.88. The maximum Gasteiger partial charge on any atom is 0.257 e. The van der Waals surface area contributed by atoms with E-state index in [1.807, 2.05) is 6.92 Å². The van der Waals surface area contributed by atoms with Gasteiger partial charge >= 0.3 is 0 Å². The van der Waals surface area contributed by atoms with Gasteiger partial charge in [0.05, 0.1) is 37.6 Å². The summed E-state index contributed by atoms with van der Waals surface area (Å²) in [6.07, 6.45) is 1.58. The minimum Gasteiger partial charge on any atom is -0.506 e. The van der Waals surface area contributed by atoms with Crippen LogP contribution in [0.3, 0.4) is 0 Å². The van der Waals surface area contributed by atoms with Crippen LogP contribution in [-0.4, -0.2) is 50.8 Å². The summed E-state index contributed by atoms with van der Waals surface area (Å²) in [6, 6.07) is 9.88. The van der Waals surface area contributed by atoms with Crippen molar-refractivity contribution in [1.29, 1.82) is 0 Å². The van der Waals surface area contributed by atoms with Crippen LogP contribution in [0, 0.1) is 0 Å². The van der Waals surface area contributed by atoms with Crippen molar-refractivity contribution in [3.63, 3.8) is 0 Å². The van der Waals surface area contributed by atoms with Gasteiger partial charge in [-0.05, 0) is 25.1 Å². The third kappa shape index (κ3) is 4.66. The first kappa shape index (κ1) is 23.8. The Labute approximate surface area is 200 Å². The molecule has 0 fully saturated rings. The van der Waals surface area contributed by atoms with Crippen molar-refractivity contribution < 1.29 is 28.8 Å². The van der Waals surface area contributed by atoms with Gasteiger partial charge in [0.25, 0.3) is 11.4 Å². The maximum atomic E-state index is 12.0. The van der Waals surface area contributed by atoms with Gasteiger partial charge in [-0.25, -0.2) is 4.98 Å². The maximum absolute atomic E-state index is 12.0. The zero-order valence-corrected chi connectivity index (χ0v) is 19.4. The Hall–Kier alpha value is -4.38. The number of aromatic hydroxyl groups is 2. The Balaban J connectivity index is 1.88. The second-order valence-corrected chi connectivity index (χ2v) is 7.32. The molecule has 2 N–H and O–H groups in total. The molecule has 0 amide bonds. The minimum absolute atomic E-state index is 0.000440. The molecule has 0 unspecified atom stereocenters. The number of methoxy groups -OCH3 is 2. The lowest BCUT2D eigenvalue weighted by molar-refractivity contribution is 0.131. The number of hydrogen-bond donors (Lipinski definition) is 2. The molecule has 4 rings (SSSR count). The van der Waals surface area contributed by atoms with Crippen molar-refractivity contribution in [2.24, 2.45) is 0 Å². The number of nitrogens with zero attached hydrogens (tertiary/aromatic N) is 4. The van der Waals surface area contributed by atoms with E-state index in [9.17, 15) is 15.0 Å². The first-order valence-corrected chi connectivity index (χ1v) is 10.7. The first-order chi connectivity index (χ1) is 17.0. The molecular weight excluding hydrogens is 456 g/mol. The number of ether oxygens (including phenoxy) is 3. The zero-order valence-electron chi connectivity index (χ0n) is 19.4. The highest BCUT2D eigenvalue weighted by Gasteiger charge is 2.29. The van der Waals surface area contributed by atoms with Crippen molar-refractivity contribution >= 4 is 0 Å². The zero-order chi connectivity index (χ0) is 24.9. The van der Waals surface area contributed by atoms with Crippen LogP contribution in [0.5, 0.6) is 23.1 Å². The number of rotatable bonds is 9. The van der Waals surface area contributed by atoms with Crippen LogP contribution in [0.1, 0.15) is 18.5 Å². The Morgan fingerprint density at radius 3 is 2.37 bits per heavy atom. The summed E-state index contributed by atoms with van der Waals surface area (Å²) in [5.41, 5.74) is 0.468. The van der Waals surface area contributed by atoms with Crippen LogP contribution in [0.15, 0.2) is 51.8 Å². The summed E-state index contributed by atoms with van der Waals surface area (Å²) in [5.74, 6) is -0.161. The number of benzene rings is 1. The van der Waals surface area contributed by atoms with E-state index in [1.165, 1.54) is 24.9 Å². The largest absolute Gasteiger partial charge is 0.506 e. The van der Waals surface area contributed by atoms with Crippen molar-refractivity contribution in [1.82, 2.24) is 19.7 Å². The first-order valence-electron chi connectivity index (χ1n) is 10.7. The average molecular weight is 480 g/mol. The van der Waals surface area contributed by atoms with Crippen LogP contribution >= 0.6 is 0 Å². The van der Waals surface area contributed by atoms with E-state index < -0.39 is 5.88 Å². The molecule has 0 aliphatic rings. The van der Waals surface area contributed by atoms with Crippen molar-refractivity contribution in [2.45, 2.75) is 20.1 Å². The molecule has 0 aliphatic carbocycles. The lowest BCUT2D eigenvalue weighted by Crippen LogP contribution is -2.18. The molecule has 0 spiro atoms. The van der Waals surface area contributed by atoms with Crippen molar-refractivity contribution in [3.05, 3.63) is 64.5 Å². The molecule has 0 bridgehead atoms. The molecule has 0 atom stereocenters. The van der Waals surface area contributed by atoms with Gasteiger partial charge in [0.2, 0.25) is 11.8 Å². The van der Waals surface area contributed by atoms with Gasteiger partial charge in [0, 0.05) is 18.9 Å². The summed E-state index contributed by atoms with van der Waals surface area (Å²) >= 11 is 0. The van der Waals surface area contributed by atoms with Crippen LogP contribution in [0.25, 0.3) is 22.6 Å². The molecule has 182 valence electrons. The van der Waals surface area contributed by atoms with Gasteiger partial charge in [-0.15, -0.1) is 10.2 Å². The molecule has 3 aromatic heterocycles. The van der Waals surface area contributed by atoms with Gasteiger partial charge in [-0.2, -0.15) is 0 Å². The molecule has 1 aromatic carbocycles. The Morgan fingerprint density at radius 1 is 0.971 bits per heavy atom. The molecule has 11 nitrogen and oxygen atoms in total. The normalized spacial score (nSPS) is 10.9.